The van der Waals surface area contributed by atoms with Gasteiger partial charge in [0.05, 0.1) is 0 Å². The summed E-state index contributed by atoms with van der Waals surface area (Å²) in [5, 5.41) is 16.4. The third kappa shape index (κ3) is 32.5. The molecule has 0 spiro atoms. The molecular weight excluding hydrogens is 336 g/mol. The molecule has 0 aliphatic carbocycles. The van der Waals surface area contributed by atoms with Crippen molar-refractivity contribution in [3.8, 4) is 0 Å². The fourth-order valence-electron chi connectivity index (χ4n) is 0.724. The minimum absolute atomic E-state index is 0. The van der Waals surface area contributed by atoms with Crippen molar-refractivity contribution in [1.82, 2.24) is 0 Å². The minimum atomic E-state index is 0. The molecule has 0 amide bonds. The van der Waals surface area contributed by atoms with Crippen LogP contribution in [0.2, 0.25) is 0 Å². The second kappa shape index (κ2) is 22.9. The van der Waals surface area contributed by atoms with Gasteiger partial charge in [-0.3, -0.25) is 0 Å². The maximum absolute atomic E-state index is 8.20. The maximum Gasteiger partial charge on any atom is 0.0431 e. The van der Waals surface area contributed by atoms with Crippen LogP contribution < -0.4 is 0 Å². The van der Waals surface area contributed by atoms with Crippen LogP contribution in [0.25, 0.3) is 0 Å². The largest absolute Gasteiger partial charge is 0.396 e. The van der Waals surface area contributed by atoms with E-state index in [-0.39, 0.29) is 21.1 Å². The van der Waals surface area contributed by atoms with E-state index in [0.717, 1.165) is 25.7 Å². The Kier molecular flexibility index (Phi) is 33.9. The Labute approximate surface area is 97.0 Å². The smallest absolute Gasteiger partial charge is 0.0431 e. The molecule has 82 valence electrons. The monoisotopic (exact) mass is 360 g/mol. The molecule has 3 heteroatoms. The van der Waals surface area contributed by atoms with Crippen LogP contribution in [0, 0.1) is 0 Å². The van der Waals surface area contributed by atoms with E-state index < -0.39 is 0 Å². The molecule has 0 heterocycles. The summed E-state index contributed by atoms with van der Waals surface area (Å²) in [5.41, 5.74) is 0. The topological polar surface area (TPSA) is 40.5 Å². The zero-order valence-corrected chi connectivity index (χ0v) is 11.9. The van der Waals surface area contributed by atoms with E-state index in [1.807, 2.05) is 0 Å². The van der Waals surface area contributed by atoms with E-state index >= 15 is 0 Å². The number of aliphatic hydroxyl groups is 2. The molecule has 0 rings (SSSR count). The van der Waals surface area contributed by atoms with Gasteiger partial charge in [0.25, 0.3) is 0 Å². The van der Waals surface area contributed by atoms with E-state index in [1.165, 1.54) is 12.8 Å². The number of aliphatic hydroxyl groups excluding tert-OH is 2. The molecule has 0 aliphatic rings. The van der Waals surface area contributed by atoms with Gasteiger partial charge < -0.3 is 10.2 Å². The van der Waals surface area contributed by atoms with Crippen molar-refractivity contribution in [2.24, 2.45) is 0 Å². The van der Waals surface area contributed by atoms with Gasteiger partial charge in [-0.25, -0.2) is 0 Å². The third-order valence-corrected chi connectivity index (χ3v) is 1.52. The number of unbranched alkanes of at least 4 members (excludes halogenated alkanes) is 4. The Morgan fingerprint density at radius 3 is 1.08 bits per heavy atom. The van der Waals surface area contributed by atoms with Crippen molar-refractivity contribution in [2.45, 2.75) is 52.4 Å². The first-order valence-electron chi connectivity index (χ1n) is 5.05. The molecule has 0 saturated carbocycles. The summed E-state index contributed by atoms with van der Waals surface area (Å²) in [6, 6.07) is 0. The average Bonchev–Trinajstić information content (AvgIpc) is 2.12. The van der Waals surface area contributed by atoms with Crippen LogP contribution in [0.1, 0.15) is 52.4 Å². The molecular formula is C10H24O2W. The van der Waals surface area contributed by atoms with Crippen LogP contribution in [-0.2, 0) is 21.1 Å². The molecule has 0 fully saturated rings. The first-order chi connectivity index (χ1) is 5.83. The summed E-state index contributed by atoms with van der Waals surface area (Å²) >= 11 is 0. The van der Waals surface area contributed by atoms with Crippen LogP contribution in [0.5, 0.6) is 0 Å². The maximum atomic E-state index is 8.20. The minimum Gasteiger partial charge on any atom is -0.396 e. The number of rotatable bonds is 6. The SMILES string of the molecule is CCCCCO.CCCCCO.[W]. The first kappa shape index (κ1) is 19.2. The summed E-state index contributed by atoms with van der Waals surface area (Å²) in [5.74, 6) is 0. The van der Waals surface area contributed by atoms with Gasteiger partial charge in [0.15, 0.2) is 0 Å². The van der Waals surface area contributed by atoms with Crippen LogP contribution in [0.4, 0.5) is 0 Å². The van der Waals surface area contributed by atoms with Crippen molar-refractivity contribution >= 4 is 0 Å². The van der Waals surface area contributed by atoms with Crippen molar-refractivity contribution in [2.75, 3.05) is 13.2 Å². The van der Waals surface area contributed by atoms with Crippen LogP contribution >= 0.6 is 0 Å². The van der Waals surface area contributed by atoms with E-state index in [2.05, 4.69) is 13.8 Å². The van der Waals surface area contributed by atoms with Crippen LogP contribution in [-0.4, -0.2) is 23.4 Å². The van der Waals surface area contributed by atoms with Gasteiger partial charge in [-0.05, 0) is 12.8 Å². The Bertz CT molecular complexity index is 44.9. The molecule has 0 atom stereocenters. The average molecular weight is 360 g/mol. The normalized spacial score (nSPS) is 8.31. The Morgan fingerprint density at radius 2 is 1.00 bits per heavy atom. The Morgan fingerprint density at radius 1 is 0.692 bits per heavy atom. The van der Waals surface area contributed by atoms with Crippen molar-refractivity contribution in [1.29, 1.82) is 0 Å². The molecule has 0 aliphatic heterocycles. The fourth-order valence-corrected chi connectivity index (χ4v) is 0.724. The van der Waals surface area contributed by atoms with E-state index in [1.54, 1.807) is 0 Å². The van der Waals surface area contributed by atoms with Gasteiger partial charge in [-0.15, -0.1) is 0 Å². The van der Waals surface area contributed by atoms with Crippen molar-refractivity contribution in [3.05, 3.63) is 0 Å². The summed E-state index contributed by atoms with van der Waals surface area (Å²) in [6.45, 7) is 4.95. The number of hydrogen-bond acceptors (Lipinski definition) is 2. The summed E-state index contributed by atoms with van der Waals surface area (Å²) in [6.07, 6.45) is 6.65. The Hall–Kier alpha value is 0.608. The van der Waals surface area contributed by atoms with Gasteiger partial charge in [0, 0.05) is 34.3 Å². The molecule has 0 aromatic carbocycles. The Balaban J connectivity index is -0.000000143. The van der Waals surface area contributed by atoms with Crippen LogP contribution in [0.3, 0.4) is 0 Å². The van der Waals surface area contributed by atoms with E-state index in [4.69, 9.17) is 10.2 Å². The van der Waals surface area contributed by atoms with E-state index in [9.17, 15) is 0 Å². The van der Waals surface area contributed by atoms with Crippen molar-refractivity contribution in [3.63, 3.8) is 0 Å². The zero-order chi connectivity index (χ0) is 9.66. The second-order valence-electron chi connectivity index (χ2n) is 2.86. The molecule has 0 bridgehead atoms. The number of hydrogen-bond donors (Lipinski definition) is 2. The van der Waals surface area contributed by atoms with Gasteiger partial charge in [0.1, 0.15) is 0 Å². The predicted octanol–water partition coefficient (Wildman–Crippen LogP) is 2.34. The van der Waals surface area contributed by atoms with E-state index in [0.29, 0.717) is 13.2 Å². The standard InChI is InChI=1S/2C5H12O.W/c2*1-2-3-4-5-6;/h2*6H,2-5H2,1H3;. The molecule has 0 saturated heterocycles. The molecule has 2 N–H and O–H groups in total. The van der Waals surface area contributed by atoms with Crippen molar-refractivity contribution < 1.29 is 31.3 Å². The summed E-state index contributed by atoms with van der Waals surface area (Å²) in [4.78, 5) is 0. The van der Waals surface area contributed by atoms with Gasteiger partial charge in [-0.1, -0.05) is 39.5 Å². The molecule has 2 nitrogen and oxygen atoms in total. The quantitative estimate of drug-likeness (QED) is 0.714. The molecule has 0 radical (unpaired) electrons. The molecule has 0 aromatic rings. The fraction of sp³-hybridized carbons (Fsp3) is 1.00. The molecule has 0 unspecified atom stereocenters. The summed E-state index contributed by atoms with van der Waals surface area (Å²) < 4.78 is 0. The van der Waals surface area contributed by atoms with Gasteiger partial charge >= 0.3 is 0 Å². The zero-order valence-electron chi connectivity index (χ0n) is 8.96. The molecule has 0 aromatic heterocycles. The van der Waals surface area contributed by atoms with Gasteiger partial charge in [-0.2, -0.15) is 0 Å². The predicted molar refractivity (Wildman–Crippen MR) is 53.2 cm³/mol. The van der Waals surface area contributed by atoms with Crippen LogP contribution in [0.15, 0.2) is 0 Å². The summed E-state index contributed by atoms with van der Waals surface area (Å²) in [7, 11) is 0. The van der Waals surface area contributed by atoms with Gasteiger partial charge in [0.2, 0.25) is 0 Å². The first-order valence-corrected chi connectivity index (χ1v) is 5.05. The molecule has 13 heavy (non-hydrogen) atoms. The second-order valence-corrected chi connectivity index (χ2v) is 2.86. The third-order valence-electron chi connectivity index (χ3n) is 1.52.